The van der Waals surface area contributed by atoms with Crippen LogP contribution in [0, 0.1) is 5.92 Å². The highest BCUT2D eigenvalue weighted by Gasteiger charge is 2.25. The number of nitrogens with one attached hydrogen (secondary N) is 2. The molecule has 24 heavy (non-hydrogen) atoms. The van der Waals surface area contributed by atoms with Crippen LogP contribution in [0.2, 0.25) is 0 Å². The van der Waals surface area contributed by atoms with Gasteiger partial charge in [-0.2, -0.15) is 0 Å². The van der Waals surface area contributed by atoms with E-state index in [-0.39, 0.29) is 18.3 Å². The minimum atomic E-state index is -0.664. The third-order valence-corrected chi connectivity index (χ3v) is 4.51. The monoisotopic (exact) mass is 410 g/mol. The van der Waals surface area contributed by atoms with Crippen molar-refractivity contribution < 1.29 is 9.53 Å². The van der Waals surface area contributed by atoms with E-state index in [2.05, 4.69) is 26.6 Å². The zero-order valence-electron chi connectivity index (χ0n) is 13.1. The Morgan fingerprint density at radius 1 is 1.17 bits per heavy atom. The van der Waals surface area contributed by atoms with E-state index in [9.17, 15) is 4.79 Å². The molecule has 0 radical (unpaired) electrons. The maximum atomic E-state index is 12.6. The molecule has 1 unspecified atom stereocenters. The number of para-hydroxylation sites is 1. The lowest BCUT2D eigenvalue weighted by Gasteiger charge is -2.28. The van der Waals surface area contributed by atoms with Gasteiger partial charge >= 0.3 is 0 Å². The molecule has 0 saturated carbocycles. The fourth-order valence-electron chi connectivity index (χ4n) is 2.40. The average molecular weight is 412 g/mol. The Hall–Kier alpha value is -1.56. The van der Waals surface area contributed by atoms with E-state index >= 15 is 0 Å². The van der Waals surface area contributed by atoms with E-state index in [1.54, 1.807) is 0 Å². The number of carbonyl (C=O) groups excluding carboxylic acids is 1. The van der Waals surface area contributed by atoms with Crippen molar-refractivity contribution in [2.45, 2.75) is 6.10 Å². The summed E-state index contributed by atoms with van der Waals surface area (Å²) in [5.74, 6) is 1.06. The topological polar surface area (TPSA) is 50.4 Å². The SMILES string of the molecule is Cl.O=C(NCC1CNC1)C(Oc1ccccc1Br)c1ccccc1. The third kappa shape index (κ3) is 4.72. The van der Waals surface area contributed by atoms with Gasteiger partial charge in [0.05, 0.1) is 4.47 Å². The lowest BCUT2D eigenvalue weighted by Crippen LogP contribution is -2.49. The highest BCUT2D eigenvalue weighted by molar-refractivity contribution is 9.10. The first-order valence-corrected chi connectivity index (χ1v) is 8.48. The maximum absolute atomic E-state index is 12.6. The van der Waals surface area contributed by atoms with Crippen LogP contribution in [0.1, 0.15) is 11.7 Å². The molecular formula is C18H20BrClN2O2. The Morgan fingerprint density at radius 3 is 2.46 bits per heavy atom. The van der Waals surface area contributed by atoms with Crippen molar-refractivity contribution in [2.24, 2.45) is 5.92 Å². The van der Waals surface area contributed by atoms with Crippen molar-refractivity contribution in [3.05, 3.63) is 64.6 Å². The van der Waals surface area contributed by atoms with E-state index < -0.39 is 6.10 Å². The third-order valence-electron chi connectivity index (χ3n) is 3.85. The Morgan fingerprint density at radius 2 is 1.83 bits per heavy atom. The van der Waals surface area contributed by atoms with Crippen molar-refractivity contribution in [1.29, 1.82) is 0 Å². The van der Waals surface area contributed by atoms with Gasteiger partial charge < -0.3 is 15.4 Å². The predicted octanol–water partition coefficient (Wildman–Crippen LogP) is 3.33. The Balaban J connectivity index is 0.00000208. The highest BCUT2D eigenvalue weighted by Crippen LogP contribution is 2.29. The van der Waals surface area contributed by atoms with E-state index in [1.165, 1.54) is 0 Å². The largest absolute Gasteiger partial charge is 0.475 e. The molecule has 128 valence electrons. The van der Waals surface area contributed by atoms with Crippen LogP contribution in [0.15, 0.2) is 59.1 Å². The molecule has 1 saturated heterocycles. The molecule has 1 amide bonds. The van der Waals surface area contributed by atoms with Crippen LogP contribution in [0.4, 0.5) is 0 Å². The van der Waals surface area contributed by atoms with Crippen molar-refractivity contribution in [1.82, 2.24) is 10.6 Å². The van der Waals surface area contributed by atoms with Crippen LogP contribution in [0.5, 0.6) is 5.75 Å². The molecule has 0 aliphatic carbocycles. The van der Waals surface area contributed by atoms with Crippen molar-refractivity contribution in [2.75, 3.05) is 19.6 Å². The van der Waals surface area contributed by atoms with Crippen molar-refractivity contribution >= 4 is 34.2 Å². The maximum Gasteiger partial charge on any atom is 0.265 e. The summed E-state index contributed by atoms with van der Waals surface area (Å²) in [7, 11) is 0. The Bertz CT molecular complexity index is 665. The van der Waals surface area contributed by atoms with Crippen LogP contribution in [0.25, 0.3) is 0 Å². The van der Waals surface area contributed by atoms with Gasteiger partial charge in [0.25, 0.3) is 5.91 Å². The molecule has 0 spiro atoms. The predicted molar refractivity (Wildman–Crippen MR) is 101 cm³/mol. The summed E-state index contributed by atoms with van der Waals surface area (Å²) >= 11 is 3.46. The van der Waals surface area contributed by atoms with Gasteiger partial charge in [0.15, 0.2) is 0 Å². The zero-order chi connectivity index (χ0) is 16.1. The molecule has 0 aromatic heterocycles. The van der Waals surface area contributed by atoms with Gasteiger partial charge in [-0.3, -0.25) is 4.79 Å². The van der Waals surface area contributed by atoms with Gasteiger partial charge in [0.1, 0.15) is 5.75 Å². The molecule has 3 rings (SSSR count). The van der Waals surface area contributed by atoms with Crippen LogP contribution in [0.3, 0.4) is 0 Å². The van der Waals surface area contributed by atoms with E-state index in [4.69, 9.17) is 4.74 Å². The first-order chi connectivity index (χ1) is 11.2. The first-order valence-electron chi connectivity index (χ1n) is 7.68. The number of rotatable bonds is 6. The number of amides is 1. The normalized spacial score (nSPS) is 14.9. The summed E-state index contributed by atoms with van der Waals surface area (Å²) in [6.45, 7) is 2.59. The Labute approximate surface area is 156 Å². The number of halogens is 2. The fourth-order valence-corrected chi connectivity index (χ4v) is 2.78. The Kier molecular flexibility index (Phi) is 7.09. The summed E-state index contributed by atoms with van der Waals surface area (Å²) in [6, 6.07) is 17.1. The molecule has 1 aliphatic heterocycles. The second kappa shape index (κ2) is 9.06. The van der Waals surface area contributed by atoms with Crippen LogP contribution >= 0.6 is 28.3 Å². The quantitative estimate of drug-likeness (QED) is 0.766. The average Bonchev–Trinajstić information content (AvgIpc) is 2.53. The lowest BCUT2D eigenvalue weighted by molar-refractivity contribution is -0.128. The second-order valence-electron chi connectivity index (χ2n) is 5.61. The molecule has 1 aliphatic rings. The summed E-state index contributed by atoms with van der Waals surface area (Å²) in [6.07, 6.45) is -0.664. The van der Waals surface area contributed by atoms with Crippen LogP contribution < -0.4 is 15.4 Å². The number of benzene rings is 2. The molecule has 2 aromatic carbocycles. The van der Waals surface area contributed by atoms with E-state index in [0.717, 1.165) is 23.1 Å². The van der Waals surface area contributed by atoms with Gasteiger partial charge in [-0.15, -0.1) is 12.4 Å². The van der Waals surface area contributed by atoms with Crippen LogP contribution in [-0.2, 0) is 4.79 Å². The minimum Gasteiger partial charge on any atom is -0.475 e. The highest BCUT2D eigenvalue weighted by atomic mass is 79.9. The summed E-state index contributed by atoms with van der Waals surface area (Å²) in [5.41, 5.74) is 0.840. The number of hydrogen-bond acceptors (Lipinski definition) is 3. The molecule has 2 N–H and O–H groups in total. The van der Waals surface area contributed by atoms with Crippen molar-refractivity contribution in [3.8, 4) is 5.75 Å². The molecule has 2 aromatic rings. The molecule has 0 bridgehead atoms. The second-order valence-corrected chi connectivity index (χ2v) is 6.46. The standard InChI is InChI=1S/C18H19BrN2O2.ClH/c19-15-8-4-5-9-16(15)23-17(14-6-2-1-3-7-14)18(22)21-12-13-10-20-11-13;/h1-9,13,17,20H,10-12H2,(H,21,22);1H. The summed E-state index contributed by atoms with van der Waals surface area (Å²) < 4.78 is 6.83. The first kappa shape index (κ1) is 18.8. The molecule has 1 heterocycles. The van der Waals surface area contributed by atoms with Gasteiger partial charge in [-0.1, -0.05) is 42.5 Å². The molecule has 1 fully saturated rings. The van der Waals surface area contributed by atoms with E-state index in [1.807, 2.05) is 54.6 Å². The summed E-state index contributed by atoms with van der Waals surface area (Å²) in [4.78, 5) is 12.6. The summed E-state index contributed by atoms with van der Waals surface area (Å²) in [5, 5.41) is 6.21. The minimum absolute atomic E-state index is 0. The molecular weight excluding hydrogens is 392 g/mol. The fraction of sp³-hybridized carbons (Fsp3) is 0.278. The number of hydrogen-bond donors (Lipinski definition) is 2. The van der Waals surface area contributed by atoms with E-state index in [0.29, 0.717) is 18.2 Å². The number of ether oxygens (including phenoxy) is 1. The van der Waals surface area contributed by atoms with Gasteiger partial charge in [0, 0.05) is 31.1 Å². The smallest absolute Gasteiger partial charge is 0.265 e. The van der Waals surface area contributed by atoms with Crippen molar-refractivity contribution in [3.63, 3.8) is 0 Å². The van der Waals surface area contributed by atoms with Crippen LogP contribution in [-0.4, -0.2) is 25.5 Å². The molecule has 4 nitrogen and oxygen atoms in total. The molecule has 1 atom stereocenters. The zero-order valence-corrected chi connectivity index (χ0v) is 15.5. The van der Waals surface area contributed by atoms with Gasteiger partial charge in [-0.25, -0.2) is 0 Å². The van der Waals surface area contributed by atoms with Gasteiger partial charge in [0.2, 0.25) is 6.10 Å². The molecule has 6 heteroatoms. The van der Waals surface area contributed by atoms with Gasteiger partial charge in [-0.05, 0) is 28.1 Å². The number of carbonyl (C=O) groups is 1. The lowest BCUT2D eigenvalue weighted by atomic mass is 10.0.